The van der Waals surface area contributed by atoms with E-state index in [9.17, 15) is 18.0 Å². The highest BCUT2D eigenvalue weighted by Gasteiger charge is 2.44. The summed E-state index contributed by atoms with van der Waals surface area (Å²) in [4.78, 5) is 11.3. The van der Waals surface area contributed by atoms with Crippen molar-refractivity contribution < 1.29 is 18.0 Å². The van der Waals surface area contributed by atoms with Crippen LogP contribution in [0.2, 0.25) is 0 Å². The summed E-state index contributed by atoms with van der Waals surface area (Å²) in [6.45, 7) is 0.253. The molecular formula is C8H13F3N2O. The molecule has 0 saturated carbocycles. The molecule has 1 rings (SSSR count). The first-order valence-corrected chi connectivity index (χ1v) is 4.42. The summed E-state index contributed by atoms with van der Waals surface area (Å²) in [6.07, 6.45) is -3.20. The van der Waals surface area contributed by atoms with Gasteiger partial charge in [0.2, 0.25) is 6.41 Å². The molecule has 0 bridgehead atoms. The second-order valence-corrected chi connectivity index (χ2v) is 3.56. The summed E-state index contributed by atoms with van der Waals surface area (Å²) in [6, 6.07) is -1.52. The van der Waals surface area contributed by atoms with E-state index in [0.29, 0.717) is 12.8 Å². The molecule has 1 amide bonds. The fourth-order valence-electron chi connectivity index (χ4n) is 1.79. The van der Waals surface area contributed by atoms with Gasteiger partial charge in [0.25, 0.3) is 0 Å². The molecule has 0 aromatic carbocycles. The fourth-order valence-corrected chi connectivity index (χ4v) is 1.79. The third-order valence-corrected chi connectivity index (χ3v) is 2.51. The number of rotatable bonds is 2. The van der Waals surface area contributed by atoms with E-state index in [1.165, 1.54) is 11.9 Å². The number of hydrogen-bond acceptors (Lipinski definition) is 2. The minimum absolute atomic E-state index is 0.0471. The molecule has 2 atom stereocenters. The molecule has 0 aromatic heterocycles. The lowest BCUT2D eigenvalue weighted by Gasteiger charge is -2.37. The SMILES string of the molecule is CN1C[C@H](NC=O)CC[C@@H]1C(F)(F)F. The van der Waals surface area contributed by atoms with Gasteiger partial charge in [0.15, 0.2) is 0 Å². The predicted molar refractivity (Wildman–Crippen MR) is 44.7 cm³/mol. The van der Waals surface area contributed by atoms with E-state index >= 15 is 0 Å². The van der Waals surface area contributed by atoms with Crippen LogP contribution in [0.3, 0.4) is 0 Å². The van der Waals surface area contributed by atoms with Gasteiger partial charge in [0.05, 0.1) is 0 Å². The number of amides is 1. The highest BCUT2D eigenvalue weighted by Crippen LogP contribution is 2.30. The maximum absolute atomic E-state index is 12.4. The summed E-state index contributed by atoms with van der Waals surface area (Å²) in [7, 11) is 1.43. The van der Waals surface area contributed by atoms with Gasteiger partial charge in [-0.3, -0.25) is 9.69 Å². The van der Waals surface area contributed by atoms with E-state index in [-0.39, 0.29) is 19.0 Å². The fraction of sp³-hybridized carbons (Fsp3) is 0.875. The van der Waals surface area contributed by atoms with Crippen LogP contribution in [0, 0.1) is 0 Å². The van der Waals surface area contributed by atoms with E-state index in [1.807, 2.05) is 0 Å². The lowest BCUT2D eigenvalue weighted by atomic mass is 9.99. The summed E-state index contributed by atoms with van der Waals surface area (Å²) in [5.41, 5.74) is 0. The molecule has 0 radical (unpaired) electrons. The van der Waals surface area contributed by atoms with Crippen LogP contribution in [0.4, 0.5) is 13.2 Å². The second kappa shape index (κ2) is 4.16. The van der Waals surface area contributed by atoms with Gasteiger partial charge < -0.3 is 5.32 Å². The molecule has 14 heavy (non-hydrogen) atoms. The van der Waals surface area contributed by atoms with E-state index in [4.69, 9.17) is 0 Å². The third kappa shape index (κ3) is 2.60. The van der Waals surface area contributed by atoms with Crippen LogP contribution in [0.15, 0.2) is 0 Å². The first-order valence-electron chi connectivity index (χ1n) is 4.42. The number of likely N-dealkylation sites (N-methyl/N-ethyl adjacent to an activating group) is 1. The molecule has 1 heterocycles. The number of halogens is 3. The topological polar surface area (TPSA) is 32.3 Å². The van der Waals surface area contributed by atoms with Crippen molar-refractivity contribution in [2.24, 2.45) is 0 Å². The largest absolute Gasteiger partial charge is 0.404 e. The number of nitrogens with zero attached hydrogens (tertiary/aromatic N) is 1. The zero-order valence-corrected chi connectivity index (χ0v) is 7.84. The van der Waals surface area contributed by atoms with E-state index in [1.54, 1.807) is 0 Å². The minimum Gasteiger partial charge on any atom is -0.355 e. The number of nitrogens with one attached hydrogen (secondary N) is 1. The Labute approximate surface area is 80.3 Å². The predicted octanol–water partition coefficient (Wildman–Crippen LogP) is 0.757. The number of carbonyl (C=O) groups excluding carboxylic acids is 1. The van der Waals surface area contributed by atoms with Crippen LogP contribution in [-0.4, -0.2) is 43.2 Å². The smallest absolute Gasteiger partial charge is 0.355 e. The minimum atomic E-state index is -4.17. The monoisotopic (exact) mass is 210 g/mol. The number of alkyl halides is 3. The van der Waals surface area contributed by atoms with Gasteiger partial charge in [0, 0.05) is 12.6 Å². The Bertz CT molecular complexity index is 207. The van der Waals surface area contributed by atoms with Crippen LogP contribution in [0.1, 0.15) is 12.8 Å². The van der Waals surface area contributed by atoms with Crippen molar-refractivity contribution in [3.63, 3.8) is 0 Å². The zero-order valence-electron chi connectivity index (χ0n) is 7.84. The lowest BCUT2D eigenvalue weighted by molar-refractivity contribution is -0.188. The Morgan fingerprint density at radius 1 is 1.43 bits per heavy atom. The first kappa shape index (κ1) is 11.3. The average Bonchev–Trinajstić information content (AvgIpc) is 2.02. The molecule has 82 valence electrons. The molecule has 6 heteroatoms. The molecule has 1 N–H and O–H groups in total. The molecule has 0 unspecified atom stereocenters. The molecule has 0 aromatic rings. The maximum Gasteiger partial charge on any atom is 0.404 e. The van der Waals surface area contributed by atoms with Gasteiger partial charge in [-0.15, -0.1) is 0 Å². The molecule has 0 spiro atoms. The summed E-state index contributed by atoms with van der Waals surface area (Å²) in [5.74, 6) is 0. The zero-order chi connectivity index (χ0) is 10.8. The molecule has 1 aliphatic rings. The van der Waals surface area contributed by atoms with Crippen molar-refractivity contribution in [1.29, 1.82) is 0 Å². The highest BCUT2D eigenvalue weighted by atomic mass is 19.4. The Hall–Kier alpha value is -0.780. The summed E-state index contributed by atoms with van der Waals surface area (Å²) >= 11 is 0. The van der Waals surface area contributed by atoms with Crippen LogP contribution in [0.5, 0.6) is 0 Å². The molecule has 3 nitrogen and oxygen atoms in total. The average molecular weight is 210 g/mol. The van der Waals surface area contributed by atoms with Gasteiger partial charge in [-0.25, -0.2) is 0 Å². The standard InChI is InChI=1S/C8H13F3N2O/c1-13-4-6(12-5-14)2-3-7(13)8(9,10)11/h5-7H,2-4H2,1H3,(H,12,14)/t6-,7-/m1/s1. The van der Waals surface area contributed by atoms with E-state index < -0.39 is 12.2 Å². The summed E-state index contributed by atoms with van der Waals surface area (Å²) < 4.78 is 37.1. The number of piperidine rings is 1. The highest BCUT2D eigenvalue weighted by molar-refractivity contribution is 5.46. The Kier molecular flexibility index (Phi) is 3.36. The number of carbonyl (C=O) groups is 1. The second-order valence-electron chi connectivity index (χ2n) is 3.56. The Morgan fingerprint density at radius 2 is 2.07 bits per heavy atom. The quantitative estimate of drug-likeness (QED) is 0.682. The van der Waals surface area contributed by atoms with Crippen molar-refractivity contribution in [3.8, 4) is 0 Å². The van der Waals surface area contributed by atoms with Gasteiger partial charge in [-0.05, 0) is 19.9 Å². The van der Waals surface area contributed by atoms with Gasteiger partial charge in [-0.2, -0.15) is 13.2 Å². The molecule has 1 saturated heterocycles. The van der Waals surface area contributed by atoms with E-state index in [2.05, 4.69) is 5.32 Å². The van der Waals surface area contributed by atoms with Crippen molar-refractivity contribution in [2.45, 2.75) is 31.1 Å². The van der Waals surface area contributed by atoms with Crippen molar-refractivity contribution in [2.75, 3.05) is 13.6 Å². The first-order chi connectivity index (χ1) is 6.45. The van der Waals surface area contributed by atoms with Crippen molar-refractivity contribution in [1.82, 2.24) is 10.2 Å². The Morgan fingerprint density at radius 3 is 2.50 bits per heavy atom. The van der Waals surface area contributed by atoms with Gasteiger partial charge in [-0.1, -0.05) is 0 Å². The van der Waals surface area contributed by atoms with Crippen molar-refractivity contribution >= 4 is 6.41 Å². The molecule has 1 aliphatic heterocycles. The van der Waals surface area contributed by atoms with Crippen molar-refractivity contribution in [3.05, 3.63) is 0 Å². The lowest BCUT2D eigenvalue weighted by Crippen LogP contribution is -2.53. The van der Waals surface area contributed by atoms with Crippen LogP contribution in [0.25, 0.3) is 0 Å². The van der Waals surface area contributed by atoms with Crippen LogP contribution < -0.4 is 5.32 Å². The third-order valence-electron chi connectivity index (χ3n) is 2.51. The van der Waals surface area contributed by atoms with E-state index in [0.717, 1.165) is 0 Å². The maximum atomic E-state index is 12.4. The number of likely N-dealkylation sites (tertiary alicyclic amines) is 1. The molecule has 0 aliphatic carbocycles. The van der Waals surface area contributed by atoms with Gasteiger partial charge in [0.1, 0.15) is 6.04 Å². The normalized spacial score (nSPS) is 30.0. The molecule has 1 fully saturated rings. The molecular weight excluding hydrogens is 197 g/mol. The van der Waals surface area contributed by atoms with Gasteiger partial charge >= 0.3 is 6.18 Å². The summed E-state index contributed by atoms with van der Waals surface area (Å²) in [5, 5.41) is 2.50. The van der Waals surface area contributed by atoms with Crippen LogP contribution in [-0.2, 0) is 4.79 Å². The Balaban J connectivity index is 2.52. The number of hydrogen-bond donors (Lipinski definition) is 1. The van der Waals surface area contributed by atoms with Crippen LogP contribution >= 0.6 is 0 Å².